The zero-order valence-corrected chi connectivity index (χ0v) is 17.2. The molecule has 0 saturated carbocycles. The van der Waals surface area contributed by atoms with Crippen LogP contribution in [-0.2, 0) is 14.9 Å². The van der Waals surface area contributed by atoms with Gasteiger partial charge in [0.2, 0.25) is 0 Å². The van der Waals surface area contributed by atoms with Crippen molar-refractivity contribution < 1.29 is 27.5 Å². The molecule has 0 aliphatic carbocycles. The van der Waals surface area contributed by atoms with Gasteiger partial charge in [-0.1, -0.05) is 10.5 Å². The highest BCUT2D eigenvalue weighted by Crippen LogP contribution is 2.29. The fraction of sp³-hybridized carbons (Fsp3) is 0.316. The number of carbonyl (C=O) groups is 1. The summed E-state index contributed by atoms with van der Waals surface area (Å²) in [6.45, 7) is 1.80. The van der Waals surface area contributed by atoms with Gasteiger partial charge in [-0.05, 0) is 43.3 Å². The van der Waals surface area contributed by atoms with Crippen LogP contribution in [0.25, 0.3) is 0 Å². The fourth-order valence-electron chi connectivity index (χ4n) is 2.58. The average Bonchev–Trinajstić information content (AvgIpc) is 2.72. The van der Waals surface area contributed by atoms with E-state index in [4.69, 9.17) is 14.3 Å². The Kier molecular flexibility index (Phi) is 7.00. The Labute approximate surface area is 165 Å². The number of hydrogen-bond donors (Lipinski definition) is 1. The summed E-state index contributed by atoms with van der Waals surface area (Å²) in [5.41, 5.74) is 0.942. The molecule has 0 radical (unpaired) electrons. The van der Waals surface area contributed by atoms with Gasteiger partial charge in [-0.25, -0.2) is 8.42 Å². The Morgan fingerprint density at radius 3 is 2.39 bits per heavy atom. The summed E-state index contributed by atoms with van der Waals surface area (Å²) < 4.78 is 36.1. The van der Waals surface area contributed by atoms with Gasteiger partial charge in [0.1, 0.15) is 11.5 Å². The Morgan fingerprint density at radius 2 is 1.79 bits per heavy atom. The summed E-state index contributed by atoms with van der Waals surface area (Å²) in [4.78, 5) is 17.4. The second-order valence-electron chi connectivity index (χ2n) is 5.93. The second-order valence-corrected chi connectivity index (χ2v) is 7.86. The molecule has 2 aromatic rings. The fourth-order valence-corrected chi connectivity index (χ4v) is 3.60. The molecule has 0 aliphatic rings. The molecule has 2 aromatic carbocycles. The number of benzene rings is 2. The lowest BCUT2D eigenvalue weighted by molar-refractivity contribution is -0.0258. The van der Waals surface area contributed by atoms with E-state index >= 15 is 0 Å². The number of nitrogens with one attached hydrogen (secondary N) is 1. The Balaban J connectivity index is 2.28. The van der Waals surface area contributed by atoms with Crippen molar-refractivity contribution in [1.29, 1.82) is 0 Å². The maximum atomic E-state index is 12.7. The minimum atomic E-state index is -3.85. The Hall–Kier alpha value is -2.62. The number of rotatable bonds is 8. The summed E-state index contributed by atoms with van der Waals surface area (Å²) >= 11 is 0. The standard InChI is InChI=1S/C19H24N2O6S/c1-13(17-12-15(25-3)9-10-18(17)26-4)20-19(22)14-7-6-8-16(11-14)28(23,24)21(2)27-5/h6-13H,1-5H3,(H,20,22)/t13-/m1/s1. The van der Waals surface area contributed by atoms with Crippen molar-refractivity contribution in [1.82, 2.24) is 9.79 Å². The van der Waals surface area contributed by atoms with E-state index in [9.17, 15) is 13.2 Å². The third-order valence-electron chi connectivity index (χ3n) is 4.24. The molecule has 0 aliphatic heterocycles. The minimum Gasteiger partial charge on any atom is -0.497 e. The van der Waals surface area contributed by atoms with Gasteiger partial charge in [0, 0.05) is 18.2 Å². The van der Waals surface area contributed by atoms with Crippen LogP contribution in [0.5, 0.6) is 11.5 Å². The van der Waals surface area contributed by atoms with E-state index in [1.807, 2.05) is 0 Å². The van der Waals surface area contributed by atoms with Crippen molar-refractivity contribution in [3.63, 3.8) is 0 Å². The molecule has 28 heavy (non-hydrogen) atoms. The van der Waals surface area contributed by atoms with Gasteiger partial charge in [0.05, 0.1) is 32.3 Å². The number of hydrogen-bond acceptors (Lipinski definition) is 6. The van der Waals surface area contributed by atoms with E-state index in [1.165, 1.54) is 38.4 Å². The van der Waals surface area contributed by atoms with Crippen LogP contribution in [0.3, 0.4) is 0 Å². The van der Waals surface area contributed by atoms with Crippen LogP contribution in [-0.4, -0.2) is 47.2 Å². The molecule has 1 atom stereocenters. The number of hydroxylamine groups is 1. The first-order chi connectivity index (χ1) is 13.2. The zero-order valence-electron chi connectivity index (χ0n) is 16.4. The summed E-state index contributed by atoms with van der Waals surface area (Å²) in [6.07, 6.45) is 0. The summed E-state index contributed by atoms with van der Waals surface area (Å²) in [7, 11) is 1.77. The maximum absolute atomic E-state index is 12.7. The third-order valence-corrected chi connectivity index (χ3v) is 5.92. The lowest BCUT2D eigenvalue weighted by Crippen LogP contribution is -2.28. The normalized spacial score (nSPS) is 12.5. The number of methoxy groups -OCH3 is 2. The van der Waals surface area contributed by atoms with Crippen LogP contribution in [0.4, 0.5) is 0 Å². The van der Waals surface area contributed by atoms with Gasteiger partial charge in [-0.2, -0.15) is 0 Å². The molecule has 9 heteroatoms. The summed E-state index contributed by atoms with van der Waals surface area (Å²) in [5.74, 6) is 0.814. The van der Waals surface area contributed by atoms with E-state index in [1.54, 1.807) is 39.3 Å². The van der Waals surface area contributed by atoms with Crippen molar-refractivity contribution in [2.45, 2.75) is 17.9 Å². The lowest BCUT2D eigenvalue weighted by atomic mass is 10.1. The van der Waals surface area contributed by atoms with Crippen LogP contribution in [0.2, 0.25) is 0 Å². The van der Waals surface area contributed by atoms with Gasteiger partial charge in [-0.3, -0.25) is 9.63 Å². The molecule has 0 heterocycles. The highest BCUT2D eigenvalue weighted by molar-refractivity contribution is 7.89. The monoisotopic (exact) mass is 408 g/mol. The van der Waals surface area contributed by atoms with Crippen LogP contribution < -0.4 is 14.8 Å². The number of nitrogens with zero attached hydrogens (tertiary/aromatic N) is 1. The predicted octanol–water partition coefficient (Wildman–Crippen LogP) is 2.38. The maximum Gasteiger partial charge on any atom is 0.264 e. The molecule has 152 valence electrons. The van der Waals surface area contributed by atoms with E-state index in [0.717, 1.165) is 10.0 Å². The van der Waals surface area contributed by atoms with Crippen molar-refractivity contribution in [3.8, 4) is 11.5 Å². The van der Waals surface area contributed by atoms with Crippen molar-refractivity contribution in [2.24, 2.45) is 0 Å². The lowest BCUT2D eigenvalue weighted by Gasteiger charge is -2.19. The van der Waals surface area contributed by atoms with Crippen LogP contribution in [0.15, 0.2) is 47.4 Å². The first-order valence-corrected chi connectivity index (χ1v) is 9.84. The van der Waals surface area contributed by atoms with Crippen LogP contribution in [0.1, 0.15) is 28.9 Å². The SMILES string of the molecule is COc1ccc(OC)c([C@@H](C)NC(=O)c2cccc(S(=O)(=O)N(C)OC)c2)c1. The molecular formula is C19H24N2O6S. The molecule has 2 rings (SSSR count). The van der Waals surface area contributed by atoms with Gasteiger partial charge in [0.15, 0.2) is 0 Å². The van der Waals surface area contributed by atoms with Gasteiger partial charge >= 0.3 is 0 Å². The molecule has 0 saturated heterocycles. The van der Waals surface area contributed by atoms with E-state index in [0.29, 0.717) is 11.5 Å². The highest BCUT2D eigenvalue weighted by Gasteiger charge is 2.23. The molecule has 0 bridgehead atoms. The second kappa shape index (κ2) is 9.05. The van der Waals surface area contributed by atoms with Crippen molar-refractivity contribution in [2.75, 3.05) is 28.4 Å². The van der Waals surface area contributed by atoms with E-state index in [2.05, 4.69) is 5.32 Å². The predicted molar refractivity (Wildman–Crippen MR) is 104 cm³/mol. The molecule has 0 unspecified atom stereocenters. The molecule has 0 aromatic heterocycles. The zero-order chi connectivity index (χ0) is 20.9. The largest absolute Gasteiger partial charge is 0.497 e. The molecule has 1 N–H and O–H groups in total. The first kappa shape index (κ1) is 21.7. The van der Waals surface area contributed by atoms with E-state index < -0.39 is 22.0 Å². The molecular weight excluding hydrogens is 384 g/mol. The molecule has 8 nitrogen and oxygen atoms in total. The Bertz CT molecular complexity index is 945. The van der Waals surface area contributed by atoms with Gasteiger partial charge < -0.3 is 14.8 Å². The van der Waals surface area contributed by atoms with Crippen LogP contribution >= 0.6 is 0 Å². The number of carbonyl (C=O) groups excluding carboxylic acids is 1. The minimum absolute atomic E-state index is 0.0453. The van der Waals surface area contributed by atoms with Crippen LogP contribution in [0, 0.1) is 0 Å². The third kappa shape index (κ3) is 4.61. The van der Waals surface area contributed by atoms with Crippen molar-refractivity contribution in [3.05, 3.63) is 53.6 Å². The molecule has 0 fully saturated rings. The molecule has 0 spiro atoms. The van der Waals surface area contributed by atoms with Gasteiger partial charge in [0.25, 0.3) is 15.9 Å². The van der Waals surface area contributed by atoms with E-state index in [-0.39, 0.29) is 10.5 Å². The first-order valence-electron chi connectivity index (χ1n) is 8.40. The summed E-state index contributed by atoms with van der Waals surface area (Å²) in [6, 6.07) is 10.6. The molecule has 1 amide bonds. The average molecular weight is 408 g/mol. The number of amides is 1. The number of ether oxygens (including phenoxy) is 2. The quantitative estimate of drug-likeness (QED) is 0.674. The Morgan fingerprint density at radius 1 is 1.07 bits per heavy atom. The highest BCUT2D eigenvalue weighted by atomic mass is 32.2. The summed E-state index contributed by atoms with van der Waals surface area (Å²) in [5, 5.41) is 2.85. The van der Waals surface area contributed by atoms with Gasteiger partial charge in [-0.15, -0.1) is 0 Å². The topological polar surface area (TPSA) is 94.2 Å². The van der Waals surface area contributed by atoms with Crippen molar-refractivity contribution >= 4 is 15.9 Å². The smallest absolute Gasteiger partial charge is 0.264 e. The number of sulfonamides is 1.